The number of halogens is 1. The number of nitrogens with zero attached hydrogens (tertiary/aromatic N) is 3. The van der Waals surface area contributed by atoms with E-state index in [9.17, 15) is 14.0 Å². The van der Waals surface area contributed by atoms with Crippen LogP contribution < -0.4 is 10.6 Å². The Kier molecular flexibility index (Phi) is 4.33. The summed E-state index contributed by atoms with van der Waals surface area (Å²) in [6.45, 7) is 5.09. The van der Waals surface area contributed by atoms with Crippen LogP contribution in [-0.4, -0.2) is 39.7 Å². The van der Waals surface area contributed by atoms with Gasteiger partial charge in [-0.05, 0) is 50.5 Å². The Labute approximate surface area is 156 Å². The Balaban J connectivity index is 1.50. The average molecular weight is 371 g/mol. The van der Waals surface area contributed by atoms with Gasteiger partial charge >= 0.3 is 6.03 Å². The summed E-state index contributed by atoms with van der Waals surface area (Å²) < 4.78 is 15.9. The molecule has 0 radical (unpaired) electrons. The van der Waals surface area contributed by atoms with Crippen LogP contribution in [0, 0.1) is 19.7 Å². The van der Waals surface area contributed by atoms with Crippen molar-refractivity contribution in [3.8, 4) is 0 Å². The van der Waals surface area contributed by atoms with Crippen molar-refractivity contribution in [2.45, 2.75) is 39.2 Å². The number of hydrogen-bond donors (Lipinski definition) is 2. The van der Waals surface area contributed by atoms with Crippen molar-refractivity contribution < 1.29 is 14.0 Å². The van der Waals surface area contributed by atoms with E-state index in [2.05, 4.69) is 15.7 Å². The number of benzene rings is 1. The molecule has 2 aliphatic heterocycles. The summed E-state index contributed by atoms with van der Waals surface area (Å²) >= 11 is 0. The Hall–Kier alpha value is -2.90. The topological polar surface area (TPSA) is 79.3 Å². The fraction of sp³-hybridized carbons (Fsp3) is 0.421. The molecule has 2 aromatic rings. The van der Waals surface area contributed by atoms with Gasteiger partial charge in [0.25, 0.3) is 0 Å². The molecule has 3 amide bonds. The number of anilines is 2. The molecule has 1 fully saturated rings. The van der Waals surface area contributed by atoms with Gasteiger partial charge in [0.1, 0.15) is 5.82 Å². The predicted molar refractivity (Wildman–Crippen MR) is 99.3 cm³/mol. The lowest BCUT2D eigenvalue weighted by molar-refractivity contribution is -0.116. The van der Waals surface area contributed by atoms with Crippen LogP contribution in [0.25, 0.3) is 0 Å². The minimum absolute atomic E-state index is 0.129. The molecule has 0 bridgehead atoms. The van der Waals surface area contributed by atoms with Crippen LogP contribution in [0.4, 0.5) is 20.6 Å². The summed E-state index contributed by atoms with van der Waals surface area (Å²) in [5.41, 5.74) is 3.53. The van der Waals surface area contributed by atoms with Gasteiger partial charge in [-0.2, -0.15) is 5.10 Å². The maximum absolute atomic E-state index is 13.9. The summed E-state index contributed by atoms with van der Waals surface area (Å²) in [5, 5.41) is 10.0. The lowest BCUT2D eigenvalue weighted by Gasteiger charge is -2.23. The first-order valence-electron chi connectivity index (χ1n) is 9.11. The Morgan fingerprint density at radius 1 is 1.30 bits per heavy atom. The van der Waals surface area contributed by atoms with Gasteiger partial charge in [0, 0.05) is 25.2 Å². The highest BCUT2D eigenvalue weighted by molar-refractivity contribution is 6.01. The van der Waals surface area contributed by atoms with Gasteiger partial charge in [-0.3, -0.25) is 9.48 Å². The van der Waals surface area contributed by atoms with Gasteiger partial charge < -0.3 is 15.5 Å². The second-order valence-electron chi connectivity index (χ2n) is 7.23. The molecule has 27 heavy (non-hydrogen) atoms. The van der Waals surface area contributed by atoms with Gasteiger partial charge in [0.05, 0.1) is 23.1 Å². The molecule has 1 unspecified atom stereocenters. The molecule has 3 heterocycles. The van der Waals surface area contributed by atoms with Crippen molar-refractivity contribution in [1.29, 1.82) is 0 Å². The molecule has 1 atom stereocenters. The van der Waals surface area contributed by atoms with E-state index in [4.69, 9.17) is 0 Å². The molecule has 1 aromatic carbocycles. The predicted octanol–water partition coefficient (Wildman–Crippen LogP) is 3.00. The van der Waals surface area contributed by atoms with Crippen LogP contribution in [-0.2, 0) is 11.2 Å². The molecule has 2 N–H and O–H groups in total. The van der Waals surface area contributed by atoms with Crippen molar-refractivity contribution in [3.63, 3.8) is 0 Å². The molecule has 7 nitrogen and oxygen atoms in total. The summed E-state index contributed by atoms with van der Waals surface area (Å²) in [7, 11) is 0. The van der Waals surface area contributed by atoms with E-state index in [0.717, 1.165) is 17.8 Å². The van der Waals surface area contributed by atoms with E-state index >= 15 is 0 Å². The average Bonchev–Trinajstić information content (AvgIpc) is 3.21. The van der Waals surface area contributed by atoms with Gasteiger partial charge in [0.2, 0.25) is 5.91 Å². The molecule has 8 heteroatoms. The lowest BCUT2D eigenvalue weighted by atomic mass is 10.0. The number of nitrogens with one attached hydrogen (secondary N) is 2. The molecule has 0 spiro atoms. The quantitative estimate of drug-likeness (QED) is 0.852. The second-order valence-corrected chi connectivity index (χ2v) is 7.23. The number of aromatic nitrogens is 2. The van der Waals surface area contributed by atoms with E-state index in [1.807, 2.05) is 24.6 Å². The first kappa shape index (κ1) is 17.5. The summed E-state index contributed by atoms with van der Waals surface area (Å²) in [5.74, 6) is -0.558. The molecule has 0 saturated carbocycles. The molecular formula is C19H22FN5O2. The number of rotatable bonds is 2. The van der Waals surface area contributed by atoms with Crippen molar-refractivity contribution in [3.05, 3.63) is 41.0 Å². The van der Waals surface area contributed by atoms with Crippen molar-refractivity contribution >= 4 is 23.3 Å². The second kappa shape index (κ2) is 6.68. The Morgan fingerprint density at radius 3 is 2.85 bits per heavy atom. The minimum Gasteiger partial charge on any atom is -0.324 e. The number of fused-ring (bicyclic) bond motifs is 1. The third-order valence-electron chi connectivity index (χ3n) is 5.15. The number of aryl methyl sites for hydroxylation is 3. The number of amides is 3. The highest BCUT2D eigenvalue weighted by Gasteiger charge is 2.30. The van der Waals surface area contributed by atoms with Gasteiger partial charge in [-0.15, -0.1) is 0 Å². The largest absolute Gasteiger partial charge is 0.324 e. The minimum atomic E-state index is -0.429. The van der Waals surface area contributed by atoms with E-state index in [1.165, 1.54) is 12.1 Å². The number of likely N-dealkylation sites (tertiary alicyclic amines) is 1. The molecule has 4 rings (SSSR count). The molecule has 1 saturated heterocycles. The maximum atomic E-state index is 13.9. The Morgan fingerprint density at radius 2 is 2.11 bits per heavy atom. The van der Waals surface area contributed by atoms with Gasteiger partial charge in [-0.25, -0.2) is 9.18 Å². The highest BCUT2D eigenvalue weighted by atomic mass is 19.1. The zero-order valence-corrected chi connectivity index (χ0v) is 15.4. The number of urea groups is 1. The fourth-order valence-electron chi connectivity index (χ4n) is 3.89. The lowest BCUT2D eigenvalue weighted by Crippen LogP contribution is -2.34. The fourth-order valence-corrected chi connectivity index (χ4v) is 3.89. The molecule has 0 aliphatic carbocycles. The Bertz CT molecular complexity index is 923. The summed E-state index contributed by atoms with van der Waals surface area (Å²) in [4.78, 5) is 26.1. The number of carbonyl (C=O) groups is 2. The van der Waals surface area contributed by atoms with Crippen LogP contribution in [0.5, 0.6) is 0 Å². The molecule has 1 aromatic heterocycles. The van der Waals surface area contributed by atoms with E-state index in [1.54, 1.807) is 4.90 Å². The normalized spacial score (nSPS) is 19.0. The van der Waals surface area contributed by atoms with Crippen molar-refractivity contribution in [2.24, 2.45) is 0 Å². The van der Waals surface area contributed by atoms with Gasteiger partial charge in [-0.1, -0.05) is 0 Å². The summed E-state index contributed by atoms with van der Waals surface area (Å²) in [6, 6.07) is 4.50. The molecule has 2 aliphatic rings. The summed E-state index contributed by atoms with van der Waals surface area (Å²) in [6.07, 6.45) is 1.60. The van der Waals surface area contributed by atoms with Crippen LogP contribution in [0.2, 0.25) is 0 Å². The SMILES string of the molecule is Cc1cc(C)n(C2CCN(C(=O)Nc3cc(F)cc4c3NC(=O)CC4)C2)n1. The van der Waals surface area contributed by atoms with Crippen molar-refractivity contribution in [1.82, 2.24) is 14.7 Å². The van der Waals surface area contributed by atoms with E-state index in [0.29, 0.717) is 42.9 Å². The maximum Gasteiger partial charge on any atom is 0.321 e. The highest BCUT2D eigenvalue weighted by Crippen LogP contribution is 2.32. The van der Waals surface area contributed by atoms with Gasteiger partial charge in [0.15, 0.2) is 0 Å². The third kappa shape index (κ3) is 3.39. The number of carbonyl (C=O) groups excluding carboxylic acids is 2. The zero-order chi connectivity index (χ0) is 19.1. The monoisotopic (exact) mass is 371 g/mol. The zero-order valence-electron chi connectivity index (χ0n) is 15.4. The van der Waals surface area contributed by atoms with Crippen LogP contribution in [0.3, 0.4) is 0 Å². The van der Waals surface area contributed by atoms with Crippen LogP contribution >= 0.6 is 0 Å². The first-order valence-corrected chi connectivity index (χ1v) is 9.11. The van der Waals surface area contributed by atoms with E-state index < -0.39 is 5.82 Å². The first-order chi connectivity index (χ1) is 12.9. The molecule has 142 valence electrons. The smallest absolute Gasteiger partial charge is 0.321 e. The molecular weight excluding hydrogens is 349 g/mol. The van der Waals surface area contributed by atoms with E-state index in [-0.39, 0.29) is 18.0 Å². The van der Waals surface area contributed by atoms with Crippen LogP contribution in [0.15, 0.2) is 18.2 Å². The van der Waals surface area contributed by atoms with Crippen molar-refractivity contribution in [2.75, 3.05) is 23.7 Å². The van der Waals surface area contributed by atoms with Crippen LogP contribution in [0.1, 0.15) is 35.8 Å². The standard InChI is InChI=1S/C19H22FN5O2/c1-11-7-12(2)25(23-11)15-5-6-24(10-15)19(27)21-16-9-14(20)8-13-3-4-17(26)22-18(13)16/h7-9,15H,3-6,10H2,1-2H3,(H,21,27)(H,22,26). The third-order valence-corrected chi connectivity index (χ3v) is 5.15. The number of hydrogen-bond acceptors (Lipinski definition) is 3.